The zero-order valence-corrected chi connectivity index (χ0v) is 12.4. The zero-order valence-electron chi connectivity index (χ0n) is 12.4. The molecule has 0 saturated heterocycles. The van der Waals surface area contributed by atoms with E-state index in [9.17, 15) is 4.79 Å². The maximum absolute atomic E-state index is 12.6. The third-order valence-corrected chi connectivity index (χ3v) is 4.67. The van der Waals surface area contributed by atoms with Gasteiger partial charge in [0.05, 0.1) is 17.7 Å². The van der Waals surface area contributed by atoms with E-state index in [1.807, 2.05) is 12.1 Å². The van der Waals surface area contributed by atoms with E-state index in [1.165, 1.54) is 6.42 Å². The Hall–Kier alpha value is -1.51. The molecule has 0 aromatic heterocycles. The second kappa shape index (κ2) is 4.80. The molecule has 0 radical (unpaired) electrons. The maximum Gasteiger partial charge on any atom is 0.170 e. The van der Waals surface area contributed by atoms with Crippen molar-refractivity contribution in [3.05, 3.63) is 23.3 Å². The molecule has 1 saturated carbocycles. The highest BCUT2D eigenvalue weighted by atomic mass is 16.5. The lowest BCUT2D eigenvalue weighted by molar-refractivity contribution is 0.0142. The molecule has 2 aliphatic rings. The van der Waals surface area contributed by atoms with E-state index < -0.39 is 0 Å². The van der Waals surface area contributed by atoms with Crippen LogP contribution in [0.15, 0.2) is 12.1 Å². The number of anilines is 1. The topological polar surface area (TPSA) is 52.3 Å². The molecule has 0 bridgehead atoms. The minimum absolute atomic E-state index is 0.197. The van der Waals surface area contributed by atoms with E-state index in [0.717, 1.165) is 31.2 Å². The van der Waals surface area contributed by atoms with Gasteiger partial charge in [0.15, 0.2) is 11.5 Å². The Kier molecular flexibility index (Phi) is 3.23. The fraction of sp³-hybridized carbons (Fsp3) is 0.588. The summed E-state index contributed by atoms with van der Waals surface area (Å²) < 4.78 is 6.25. The van der Waals surface area contributed by atoms with Crippen LogP contribution < -0.4 is 10.5 Å². The summed E-state index contributed by atoms with van der Waals surface area (Å²) in [5.41, 5.74) is 8.28. The van der Waals surface area contributed by atoms with Crippen LogP contribution in [0.2, 0.25) is 0 Å². The summed E-state index contributed by atoms with van der Waals surface area (Å²) in [6.07, 6.45) is 6.00. The van der Waals surface area contributed by atoms with Crippen molar-refractivity contribution in [3.63, 3.8) is 0 Å². The summed E-state index contributed by atoms with van der Waals surface area (Å²) in [4.78, 5) is 12.6. The molecule has 1 aliphatic carbocycles. The summed E-state index contributed by atoms with van der Waals surface area (Å²) in [5, 5.41) is 0. The van der Waals surface area contributed by atoms with Crippen LogP contribution in [0, 0.1) is 0 Å². The molecule has 20 heavy (non-hydrogen) atoms. The highest BCUT2D eigenvalue weighted by Crippen LogP contribution is 2.45. The Morgan fingerprint density at radius 1 is 1.20 bits per heavy atom. The van der Waals surface area contributed by atoms with Gasteiger partial charge in [-0.3, -0.25) is 4.79 Å². The minimum Gasteiger partial charge on any atom is -0.484 e. The number of hydrogen-bond donors (Lipinski definition) is 1. The number of nitrogen functional groups attached to an aromatic ring is 1. The molecule has 1 heterocycles. The van der Waals surface area contributed by atoms with Crippen LogP contribution in [0.25, 0.3) is 0 Å². The molecule has 1 aromatic rings. The Morgan fingerprint density at radius 2 is 1.90 bits per heavy atom. The van der Waals surface area contributed by atoms with Gasteiger partial charge in [-0.25, -0.2) is 0 Å². The van der Waals surface area contributed by atoms with Crippen molar-refractivity contribution in [2.75, 3.05) is 5.73 Å². The van der Waals surface area contributed by atoms with Crippen molar-refractivity contribution in [3.8, 4) is 5.75 Å². The van der Waals surface area contributed by atoms with Crippen LogP contribution in [0.1, 0.15) is 74.2 Å². The first-order valence-electron chi connectivity index (χ1n) is 7.66. The summed E-state index contributed by atoms with van der Waals surface area (Å²) in [6, 6.07) is 3.92. The first-order valence-corrected chi connectivity index (χ1v) is 7.66. The Morgan fingerprint density at radius 3 is 2.55 bits per heavy atom. The van der Waals surface area contributed by atoms with Gasteiger partial charge in [0.2, 0.25) is 0 Å². The number of nitrogens with two attached hydrogens (primary N) is 1. The lowest BCUT2D eigenvalue weighted by Crippen LogP contribution is -2.43. The van der Waals surface area contributed by atoms with Gasteiger partial charge in [-0.05, 0) is 49.3 Å². The third kappa shape index (κ3) is 2.19. The number of ketones is 1. The standard InChI is InChI=1S/C17H23NO2/c1-11(2)12-8-13-15(19)10-17(6-4-3-5-7-17)20-16(13)14(18)9-12/h8-9,11H,3-7,10,18H2,1-2H3. The number of Topliss-reactive ketones (excluding diaryl/α,β-unsaturated/α-hetero) is 1. The number of ether oxygens (including phenoxy) is 1. The Balaban J connectivity index is 2.02. The van der Waals surface area contributed by atoms with Crippen LogP contribution in [0.5, 0.6) is 5.75 Å². The first kappa shape index (κ1) is 13.5. The predicted molar refractivity (Wildman–Crippen MR) is 80.3 cm³/mol. The fourth-order valence-corrected chi connectivity index (χ4v) is 3.44. The maximum atomic E-state index is 12.6. The van der Waals surface area contributed by atoms with Crippen LogP contribution in [-0.2, 0) is 0 Å². The van der Waals surface area contributed by atoms with E-state index in [2.05, 4.69) is 13.8 Å². The molecule has 0 atom stereocenters. The Labute approximate surface area is 120 Å². The lowest BCUT2D eigenvalue weighted by Gasteiger charge is -2.41. The van der Waals surface area contributed by atoms with Gasteiger partial charge in [-0.15, -0.1) is 0 Å². The molecular formula is C17H23NO2. The summed E-state index contributed by atoms with van der Waals surface area (Å²) >= 11 is 0. The van der Waals surface area contributed by atoms with Gasteiger partial charge in [-0.2, -0.15) is 0 Å². The highest BCUT2D eigenvalue weighted by Gasteiger charge is 2.42. The quantitative estimate of drug-likeness (QED) is 0.785. The van der Waals surface area contributed by atoms with Gasteiger partial charge in [0, 0.05) is 0 Å². The normalized spacial score (nSPS) is 20.9. The van der Waals surface area contributed by atoms with Crippen LogP contribution in [0.4, 0.5) is 5.69 Å². The molecule has 3 heteroatoms. The molecule has 1 aliphatic heterocycles. The second-order valence-electron chi connectivity index (χ2n) is 6.59. The van der Waals surface area contributed by atoms with Crippen molar-refractivity contribution in [2.45, 2.75) is 63.9 Å². The van der Waals surface area contributed by atoms with Crippen LogP contribution in [0.3, 0.4) is 0 Å². The van der Waals surface area contributed by atoms with Gasteiger partial charge < -0.3 is 10.5 Å². The molecule has 1 fully saturated rings. The van der Waals surface area contributed by atoms with E-state index in [4.69, 9.17) is 10.5 Å². The van der Waals surface area contributed by atoms with Crippen molar-refractivity contribution >= 4 is 11.5 Å². The minimum atomic E-state index is -0.282. The number of carbonyl (C=O) groups is 1. The predicted octanol–water partition coefficient (Wildman–Crippen LogP) is 4.06. The first-order chi connectivity index (χ1) is 9.51. The van der Waals surface area contributed by atoms with Crippen molar-refractivity contribution in [1.29, 1.82) is 0 Å². The Bertz CT molecular complexity index is 542. The fourth-order valence-electron chi connectivity index (χ4n) is 3.44. The summed E-state index contributed by atoms with van der Waals surface area (Å²) in [6.45, 7) is 4.22. The number of hydrogen-bond acceptors (Lipinski definition) is 3. The van der Waals surface area contributed by atoms with Gasteiger partial charge in [0.1, 0.15) is 5.60 Å². The van der Waals surface area contributed by atoms with Crippen molar-refractivity contribution in [2.24, 2.45) is 0 Å². The molecule has 1 spiro atoms. The lowest BCUT2D eigenvalue weighted by atomic mass is 9.78. The van der Waals surface area contributed by atoms with Crippen LogP contribution in [-0.4, -0.2) is 11.4 Å². The van der Waals surface area contributed by atoms with Gasteiger partial charge >= 0.3 is 0 Å². The second-order valence-corrected chi connectivity index (χ2v) is 6.59. The van der Waals surface area contributed by atoms with E-state index >= 15 is 0 Å². The molecule has 108 valence electrons. The smallest absolute Gasteiger partial charge is 0.170 e. The number of carbonyl (C=O) groups excluding carboxylic acids is 1. The molecule has 3 nitrogen and oxygen atoms in total. The average Bonchev–Trinajstić information content (AvgIpc) is 2.40. The molecule has 3 rings (SSSR count). The van der Waals surface area contributed by atoms with E-state index in [0.29, 0.717) is 29.3 Å². The van der Waals surface area contributed by atoms with Crippen molar-refractivity contribution in [1.82, 2.24) is 0 Å². The van der Waals surface area contributed by atoms with E-state index in [1.54, 1.807) is 0 Å². The number of benzene rings is 1. The van der Waals surface area contributed by atoms with E-state index in [-0.39, 0.29) is 11.4 Å². The molecule has 1 aromatic carbocycles. The summed E-state index contributed by atoms with van der Waals surface area (Å²) in [5.74, 6) is 1.19. The third-order valence-electron chi connectivity index (χ3n) is 4.67. The van der Waals surface area contributed by atoms with Crippen molar-refractivity contribution < 1.29 is 9.53 Å². The van der Waals surface area contributed by atoms with Gasteiger partial charge in [-0.1, -0.05) is 20.3 Å². The molecule has 0 amide bonds. The number of rotatable bonds is 1. The number of fused-ring (bicyclic) bond motifs is 1. The SMILES string of the molecule is CC(C)c1cc(N)c2c(c1)C(=O)CC1(CCCCC1)O2. The van der Waals surface area contributed by atoms with Crippen LogP contribution >= 0.6 is 0 Å². The zero-order chi connectivity index (χ0) is 14.3. The average molecular weight is 273 g/mol. The van der Waals surface area contributed by atoms with Gasteiger partial charge in [0.25, 0.3) is 0 Å². The molecular weight excluding hydrogens is 250 g/mol. The summed E-state index contributed by atoms with van der Waals surface area (Å²) in [7, 11) is 0. The molecule has 0 unspecified atom stereocenters. The molecule has 2 N–H and O–H groups in total. The largest absolute Gasteiger partial charge is 0.484 e. The monoisotopic (exact) mass is 273 g/mol. The highest BCUT2D eigenvalue weighted by molar-refractivity contribution is 6.02.